The molecule has 1 spiro atoms. The van der Waals surface area contributed by atoms with Crippen molar-refractivity contribution >= 4 is 11.0 Å². The molecule has 4 rings (SSSR count). The molecule has 1 aromatic carbocycles. The SMILES string of the molecule is CCn1c(CCNC2CCC3(CCNCC3)CC2)nc2ccccc21. The smallest absolute Gasteiger partial charge is 0.111 e. The summed E-state index contributed by atoms with van der Waals surface area (Å²) in [5.41, 5.74) is 3.06. The molecule has 1 saturated heterocycles. The molecule has 0 radical (unpaired) electrons. The van der Waals surface area contributed by atoms with Gasteiger partial charge in [-0.15, -0.1) is 0 Å². The molecular formula is C21H32N4. The van der Waals surface area contributed by atoms with Gasteiger partial charge in [-0.05, 0) is 76.1 Å². The molecule has 0 bridgehead atoms. The van der Waals surface area contributed by atoms with Gasteiger partial charge in [0.2, 0.25) is 0 Å². The molecular weight excluding hydrogens is 308 g/mol. The van der Waals surface area contributed by atoms with E-state index in [-0.39, 0.29) is 0 Å². The Morgan fingerprint density at radius 1 is 1.16 bits per heavy atom. The Kier molecular flexibility index (Phi) is 5.09. The molecule has 2 fully saturated rings. The Bertz CT molecular complexity index is 689. The molecule has 1 saturated carbocycles. The number of nitrogens with zero attached hydrogens (tertiary/aromatic N) is 2. The number of piperidine rings is 1. The summed E-state index contributed by atoms with van der Waals surface area (Å²) in [6.07, 6.45) is 9.34. The van der Waals surface area contributed by atoms with Gasteiger partial charge >= 0.3 is 0 Å². The highest BCUT2D eigenvalue weighted by molar-refractivity contribution is 5.75. The van der Waals surface area contributed by atoms with Crippen LogP contribution in [0.4, 0.5) is 0 Å². The molecule has 0 unspecified atom stereocenters. The average molecular weight is 341 g/mol. The molecule has 2 aromatic rings. The van der Waals surface area contributed by atoms with E-state index >= 15 is 0 Å². The first-order chi connectivity index (χ1) is 12.3. The average Bonchev–Trinajstić information content (AvgIpc) is 3.01. The number of aromatic nitrogens is 2. The Morgan fingerprint density at radius 2 is 1.92 bits per heavy atom. The van der Waals surface area contributed by atoms with E-state index in [1.165, 1.54) is 63.0 Å². The number of para-hydroxylation sites is 2. The molecule has 1 aliphatic carbocycles. The summed E-state index contributed by atoms with van der Waals surface area (Å²) in [6.45, 7) is 6.71. The number of benzene rings is 1. The topological polar surface area (TPSA) is 41.9 Å². The molecule has 136 valence electrons. The van der Waals surface area contributed by atoms with Gasteiger partial charge in [-0.2, -0.15) is 0 Å². The van der Waals surface area contributed by atoms with Crippen LogP contribution < -0.4 is 10.6 Å². The molecule has 2 N–H and O–H groups in total. The van der Waals surface area contributed by atoms with Crippen molar-refractivity contribution in [1.82, 2.24) is 20.2 Å². The summed E-state index contributed by atoms with van der Waals surface area (Å²) in [4.78, 5) is 4.85. The van der Waals surface area contributed by atoms with Crippen molar-refractivity contribution in [3.8, 4) is 0 Å². The number of rotatable bonds is 5. The van der Waals surface area contributed by atoms with E-state index in [2.05, 4.69) is 46.4 Å². The second-order valence-electron chi connectivity index (χ2n) is 7.99. The normalized spacial score (nSPS) is 21.2. The lowest BCUT2D eigenvalue weighted by molar-refractivity contribution is 0.116. The van der Waals surface area contributed by atoms with Gasteiger partial charge in [0.1, 0.15) is 5.82 Å². The Balaban J connectivity index is 1.30. The van der Waals surface area contributed by atoms with Gasteiger partial charge in [0.05, 0.1) is 11.0 Å². The number of hydrogen-bond donors (Lipinski definition) is 2. The van der Waals surface area contributed by atoms with Crippen LogP contribution in [0, 0.1) is 5.41 Å². The van der Waals surface area contributed by atoms with E-state index < -0.39 is 0 Å². The summed E-state index contributed by atoms with van der Waals surface area (Å²) in [5, 5.41) is 7.34. The van der Waals surface area contributed by atoms with Crippen molar-refractivity contribution in [3.05, 3.63) is 30.1 Å². The van der Waals surface area contributed by atoms with Crippen molar-refractivity contribution < 1.29 is 0 Å². The van der Waals surface area contributed by atoms with Gasteiger partial charge in [-0.25, -0.2) is 4.98 Å². The maximum Gasteiger partial charge on any atom is 0.111 e. The number of aryl methyl sites for hydroxylation is 1. The second kappa shape index (κ2) is 7.46. The van der Waals surface area contributed by atoms with E-state index in [4.69, 9.17) is 4.98 Å². The number of hydrogen-bond acceptors (Lipinski definition) is 3. The van der Waals surface area contributed by atoms with E-state index in [0.29, 0.717) is 11.5 Å². The van der Waals surface area contributed by atoms with Gasteiger partial charge in [0, 0.05) is 25.6 Å². The summed E-state index contributed by atoms with van der Waals surface area (Å²) in [5.74, 6) is 1.22. The van der Waals surface area contributed by atoms with Crippen LogP contribution in [0.25, 0.3) is 11.0 Å². The second-order valence-corrected chi connectivity index (χ2v) is 7.99. The summed E-state index contributed by atoms with van der Waals surface area (Å²) in [7, 11) is 0. The minimum absolute atomic E-state index is 0.666. The Hall–Kier alpha value is -1.39. The van der Waals surface area contributed by atoms with Crippen LogP contribution in [0.3, 0.4) is 0 Å². The zero-order valence-corrected chi connectivity index (χ0v) is 15.6. The van der Waals surface area contributed by atoms with Gasteiger partial charge < -0.3 is 15.2 Å². The van der Waals surface area contributed by atoms with Gasteiger partial charge in [0.15, 0.2) is 0 Å². The van der Waals surface area contributed by atoms with Crippen LogP contribution in [0.5, 0.6) is 0 Å². The minimum atomic E-state index is 0.666. The van der Waals surface area contributed by atoms with E-state index in [1.54, 1.807) is 0 Å². The van der Waals surface area contributed by atoms with Crippen LogP contribution in [-0.2, 0) is 13.0 Å². The van der Waals surface area contributed by atoms with Gasteiger partial charge in [-0.3, -0.25) is 0 Å². The standard InChI is InChI=1S/C21H32N4/c1-2-25-19-6-4-3-5-18(19)24-20(25)9-14-23-17-7-10-21(11-8-17)12-15-22-16-13-21/h3-6,17,22-23H,2,7-16H2,1H3. The zero-order valence-electron chi connectivity index (χ0n) is 15.6. The van der Waals surface area contributed by atoms with Gasteiger partial charge in [0.25, 0.3) is 0 Å². The number of imidazole rings is 1. The first-order valence-electron chi connectivity index (χ1n) is 10.2. The van der Waals surface area contributed by atoms with Crippen molar-refractivity contribution in [1.29, 1.82) is 0 Å². The fraction of sp³-hybridized carbons (Fsp3) is 0.667. The van der Waals surface area contributed by atoms with E-state index in [9.17, 15) is 0 Å². The molecule has 25 heavy (non-hydrogen) atoms. The molecule has 0 atom stereocenters. The van der Waals surface area contributed by atoms with Crippen molar-refractivity contribution in [2.24, 2.45) is 5.41 Å². The number of nitrogens with one attached hydrogen (secondary N) is 2. The predicted octanol–water partition coefficient (Wildman–Crippen LogP) is 3.50. The lowest BCUT2D eigenvalue weighted by atomic mass is 9.67. The maximum atomic E-state index is 4.85. The molecule has 4 nitrogen and oxygen atoms in total. The van der Waals surface area contributed by atoms with E-state index in [0.717, 1.165) is 25.0 Å². The first-order valence-corrected chi connectivity index (χ1v) is 10.2. The lowest BCUT2D eigenvalue weighted by Gasteiger charge is -2.43. The fourth-order valence-corrected chi connectivity index (χ4v) is 4.95. The quantitative estimate of drug-likeness (QED) is 0.875. The van der Waals surface area contributed by atoms with Crippen LogP contribution >= 0.6 is 0 Å². The Labute approximate surface area is 151 Å². The molecule has 2 heterocycles. The predicted molar refractivity (Wildman–Crippen MR) is 104 cm³/mol. The minimum Gasteiger partial charge on any atom is -0.328 e. The molecule has 0 amide bonds. The summed E-state index contributed by atoms with van der Waals surface area (Å²) < 4.78 is 2.36. The molecule has 1 aromatic heterocycles. The van der Waals surface area contributed by atoms with Crippen LogP contribution in [0.1, 0.15) is 51.3 Å². The third kappa shape index (κ3) is 3.61. The highest BCUT2D eigenvalue weighted by Gasteiger charge is 2.35. The molecule has 2 aliphatic rings. The first kappa shape index (κ1) is 17.0. The van der Waals surface area contributed by atoms with Gasteiger partial charge in [-0.1, -0.05) is 12.1 Å². The highest BCUT2D eigenvalue weighted by atomic mass is 15.1. The summed E-state index contributed by atoms with van der Waals surface area (Å²) >= 11 is 0. The molecule has 4 heteroatoms. The largest absolute Gasteiger partial charge is 0.328 e. The van der Waals surface area contributed by atoms with Crippen molar-refractivity contribution in [2.45, 2.75) is 64.5 Å². The van der Waals surface area contributed by atoms with Crippen molar-refractivity contribution in [3.63, 3.8) is 0 Å². The van der Waals surface area contributed by atoms with E-state index in [1.807, 2.05) is 0 Å². The maximum absolute atomic E-state index is 4.85. The molecule has 1 aliphatic heterocycles. The lowest BCUT2D eigenvalue weighted by Crippen LogP contribution is -2.43. The van der Waals surface area contributed by atoms with Crippen molar-refractivity contribution in [2.75, 3.05) is 19.6 Å². The monoisotopic (exact) mass is 340 g/mol. The number of fused-ring (bicyclic) bond motifs is 1. The Morgan fingerprint density at radius 3 is 2.68 bits per heavy atom. The van der Waals surface area contributed by atoms with Crippen LogP contribution in [0.15, 0.2) is 24.3 Å². The zero-order chi connectivity index (χ0) is 17.1. The third-order valence-electron chi connectivity index (χ3n) is 6.54. The fourth-order valence-electron chi connectivity index (χ4n) is 4.95. The highest BCUT2D eigenvalue weighted by Crippen LogP contribution is 2.43. The third-order valence-corrected chi connectivity index (χ3v) is 6.54. The van der Waals surface area contributed by atoms with Crippen LogP contribution in [-0.4, -0.2) is 35.2 Å². The van der Waals surface area contributed by atoms with Crippen LogP contribution in [0.2, 0.25) is 0 Å². The summed E-state index contributed by atoms with van der Waals surface area (Å²) in [6, 6.07) is 9.20.